The molecule has 1 fully saturated rings. The van der Waals surface area contributed by atoms with Crippen molar-refractivity contribution in [1.82, 2.24) is 0 Å². The van der Waals surface area contributed by atoms with E-state index in [2.05, 4.69) is 0 Å². The third-order valence-electron chi connectivity index (χ3n) is 4.85. The zero-order valence-electron chi connectivity index (χ0n) is 14.7. The quantitative estimate of drug-likeness (QED) is 0.602. The molecule has 0 N–H and O–H groups in total. The molecule has 0 radical (unpaired) electrons. The highest BCUT2D eigenvalue weighted by molar-refractivity contribution is 5.76. The lowest BCUT2D eigenvalue weighted by molar-refractivity contribution is 0.112. The summed E-state index contributed by atoms with van der Waals surface area (Å²) >= 11 is 0. The monoisotopic (exact) mass is 338 g/mol. The minimum Gasteiger partial charge on any atom is -0.490 e. The molecule has 132 valence electrons. The summed E-state index contributed by atoms with van der Waals surface area (Å²) < 4.78 is 11.9. The molecule has 0 saturated heterocycles. The van der Waals surface area contributed by atoms with Gasteiger partial charge in [0.15, 0.2) is 11.5 Å². The molecule has 0 heterocycles. The Balaban J connectivity index is 1.60. The molecule has 0 aromatic heterocycles. The Labute approximate surface area is 150 Å². The second-order valence-electron chi connectivity index (χ2n) is 6.74. The van der Waals surface area contributed by atoms with Gasteiger partial charge in [0.2, 0.25) is 0 Å². The number of carbonyl (C=O) groups excluding carboxylic acids is 1. The lowest BCUT2D eigenvalue weighted by Gasteiger charge is -2.21. The van der Waals surface area contributed by atoms with E-state index in [4.69, 9.17) is 9.47 Å². The standard InChI is InChI=1S/C22H26O3/c23-16-20-11-12-21(24-14-13-18-7-3-1-4-8-18)22(15-20)25-17-19-9-5-2-6-10-19/h2,5-6,9-12,15-16,18H,1,3-4,7-8,13-14,17H2. The molecule has 25 heavy (non-hydrogen) atoms. The van der Waals surface area contributed by atoms with Crippen LogP contribution in [0.25, 0.3) is 0 Å². The predicted octanol–water partition coefficient (Wildman–Crippen LogP) is 5.43. The molecule has 2 aromatic rings. The van der Waals surface area contributed by atoms with Gasteiger partial charge in [0.25, 0.3) is 0 Å². The molecule has 0 spiro atoms. The topological polar surface area (TPSA) is 35.5 Å². The van der Waals surface area contributed by atoms with Crippen molar-refractivity contribution in [1.29, 1.82) is 0 Å². The molecule has 1 aliphatic rings. The highest BCUT2D eigenvalue weighted by atomic mass is 16.5. The van der Waals surface area contributed by atoms with Crippen LogP contribution in [0.2, 0.25) is 0 Å². The molecule has 1 aliphatic carbocycles. The van der Waals surface area contributed by atoms with Gasteiger partial charge < -0.3 is 9.47 Å². The van der Waals surface area contributed by atoms with Gasteiger partial charge in [-0.25, -0.2) is 0 Å². The third kappa shape index (κ3) is 5.35. The zero-order valence-corrected chi connectivity index (χ0v) is 14.7. The number of benzene rings is 2. The van der Waals surface area contributed by atoms with Crippen LogP contribution in [0.15, 0.2) is 48.5 Å². The number of aldehydes is 1. The van der Waals surface area contributed by atoms with Crippen molar-refractivity contribution in [2.24, 2.45) is 5.92 Å². The average molecular weight is 338 g/mol. The Bertz CT molecular complexity index is 660. The fraction of sp³-hybridized carbons (Fsp3) is 0.409. The maximum Gasteiger partial charge on any atom is 0.162 e. The maximum atomic E-state index is 11.1. The van der Waals surface area contributed by atoms with Gasteiger partial charge >= 0.3 is 0 Å². The summed E-state index contributed by atoms with van der Waals surface area (Å²) in [6, 6.07) is 15.4. The SMILES string of the molecule is O=Cc1ccc(OCCC2CCCCC2)c(OCc2ccccc2)c1. The largest absolute Gasteiger partial charge is 0.490 e. The zero-order chi connectivity index (χ0) is 17.3. The van der Waals surface area contributed by atoms with Gasteiger partial charge in [0, 0.05) is 5.56 Å². The van der Waals surface area contributed by atoms with E-state index in [0.29, 0.717) is 24.5 Å². The van der Waals surface area contributed by atoms with Crippen molar-refractivity contribution in [3.05, 3.63) is 59.7 Å². The first-order valence-electron chi connectivity index (χ1n) is 9.24. The molecule has 2 aromatic carbocycles. The summed E-state index contributed by atoms with van der Waals surface area (Å²) in [5.41, 5.74) is 1.69. The Morgan fingerprint density at radius 2 is 1.72 bits per heavy atom. The van der Waals surface area contributed by atoms with Crippen molar-refractivity contribution in [2.75, 3.05) is 6.61 Å². The van der Waals surface area contributed by atoms with Crippen LogP contribution in [-0.2, 0) is 6.61 Å². The molecule has 0 unspecified atom stereocenters. The number of ether oxygens (including phenoxy) is 2. The van der Waals surface area contributed by atoms with Crippen molar-refractivity contribution in [3.63, 3.8) is 0 Å². The number of rotatable bonds is 8. The van der Waals surface area contributed by atoms with Gasteiger partial charge in [-0.05, 0) is 36.1 Å². The summed E-state index contributed by atoms with van der Waals surface area (Å²) in [5.74, 6) is 2.14. The van der Waals surface area contributed by atoms with Crippen LogP contribution in [-0.4, -0.2) is 12.9 Å². The summed E-state index contributed by atoms with van der Waals surface area (Å²) in [6.07, 6.45) is 8.65. The smallest absolute Gasteiger partial charge is 0.162 e. The first-order valence-corrected chi connectivity index (χ1v) is 9.24. The first kappa shape index (κ1) is 17.5. The van der Waals surface area contributed by atoms with Gasteiger partial charge in [-0.2, -0.15) is 0 Å². The van der Waals surface area contributed by atoms with E-state index >= 15 is 0 Å². The van der Waals surface area contributed by atoms with Crippen molar-refractivity contribution in [3.8, 4) is 11.5 Å². The summed E-state index contributed by atoms with van der Waals surface area (Å²) in [7, 11) is 0. The van der Waals surface area contributed by atoms with E-state index in [1.165, 1.54) is 32.1 Å². The lowest BCUT2D eigenvalue weighted by atomic mass is 9.87. The van der Waals surface area contributed by atoms with Crippen molar-refractivity contribution in [2.45, 2.75) is 45.1 Å². The van der Waals surface area contributed by atoms with Crippen LogP contribution in [0.5, 0.6) is 11.5 Å². The fourth-order valence-electron chi connectivity index (χ4n) is 3.38. The van der Waals surface area contributed by atoms with E-state index in [1.54, 1.807) is 12.1 Å². The molecule has 3 heteroatoms. The van der Waals surface area contributed by atoms with Crippen molar-refractivity contribution < 1.29 is 14.3 Å². The number of carbonyl (C=O) groups is 1. The van der Waals surface area contributed by atoms with Crippen LogP contribution in [0.4, 0.5) is 0 Å². The van der Waals surface area contributed by atoms with Gasteiger partial charge in [-0.3, -0.25) is 4.79 Å². The summed E-state index contributed by atoms with van der Waals surface area (Å²) in [5, 5.41) is 0. The third-order valence-corrected chi connectivity index (χ3v) is 4.85. The van der Waals surface area contributed by atoms with Gasteiger partial charge in [-0.1, -0.05) is 62.4 Å². The minimum absolute atomic E-state index is 0.460. The molecule has 3 rings (SSSR count). The Hall–Kier alpha value is -2.29. The molecular weight excluding hydrogens is 312 g/mol. The molecule has 0 bridgehead atoms. The van der Waals surface area contributed by atoms with E-state index < -0.39 is 0 Å². The predicted molar refractivity (Wildman–Crippen MR) is 99.3 cm³/mol. The van der Waals surface area contributed by atoms with E-state index in [-0.39, 0.29) is 0 Å². The van der Waals surface area contributed by atoms with Crippen LogP contribution >= 0.6 is 0 Å². The summed E-state index contributed by atoms with van der Waals surface area (Å²) in [6.45, 7) is 1.16. The van der Waals surface area contributed by atoms with E-state index in [1.807, 2.05) is 36.4 Å². The van der Waals surface area contributed by atoms with Crippen LogP contribution < -0.4 is 9.47 Å². The van der Waals surface area contributed by atoms with Crippen molar-refractivity contribution >= 4 is 6.29 Å². The second-order valence-corrected chi connectivity index (χ2v) is 6.74. The van der Waals surface area contributed by atoms with Crippen LogP contribution in [0, 0.1) is 5.92 Å². The fourth-order valence-corrected chi connectivity index (χ4v) is 3.38. The van der Waals surface area contributed by atoms with E-state index in [0.717, 1.165) is 29.9 Å². The average Bonchev–Trinajstić information content (AvgIpc) is 2.68. The molecule has 1 saturated carbocycles. The molecule has 0 atom stereocenters. The maximum absolute atomic E-state index is 11.1. The molecule has 3 nitrogen and oxygen atoms in total. The number of hydrogen-bond acceptors (Lipinski definition) is 3. The Morgan fingerprint density at radius 1 is 0.920 bits per heavy atom. The number of hydrogen-bond donors (Lipinski definition) is 0. The Morgan fingerprint density at radius 3 is 2.48 bits per heavy atom. The van der Waals surface area contributed by atoms with Gasteiger partial charge in [0.05, 0.1) is 6.61 Å². The van der Waals surface area contributed by atoms with Crippen LogP contribution in [0.1, 0.15) is 54.4 Å². The normalized spacial score (nSPS) is 14.9. The molecular formula is C22H26O3. The highest BCUT2D eigenvalue weighted by Gasteiger charge is 2.14. The highest BCUT2D eigenvalue weighted by Crippen LogP contribution is 2.31. The second kappa shape index (κ2) is 9.26. The first-order chi connectivity index (χ1) is 12.3. The molecule has 0 amide bonds. The van der Waals surface area contributed by atoms with Crippen LogP contribution in [0.3, 0.4) is 0 Å². The minimum atomic E-state index is 0.460. The summed E-state index contributed by atoms with van der Waals surface area (Å²) in [4.78, 5) is 11.1. The van der Waals surface area contributed by atoms with E-state index in [9.17, 15) is 4.79 Å². The Kier molecular flexibility index (Phi) is 6.49. The van der Waals surface area contributed by atoms with Gasteiger partial charge in [-0.15, -0.1) is 0 Å². The van der Waals surface area contributed by atoms with Gasteiger partial charge in [0.1, 0.15) is 12.9 Å². The molecule has 0 aliphatic heterocycles. The lowest BCUT2D eigenvalue weighted by Crippen LogP contribution is -2.11.